The predicted molar refractivity (Wildman–Crippen MR) is 125 cm³/mol. The predicted octanol–water partition coefficient (Wildman–Crippen LogP) is 3.03. The number of aromatic hydroxyl groups is 1. The van der Waals surface area contributed by atoms with Gasteiger partial charge in [0.1, 0.15) is 23.1 Å². The van der Waals surface area contributed by atoms with Crippen LogP contribution in [-0.4, -0.2) is 41.0 Å². The van der Waals surface area contributed by atoms with E-state index in [2.05, 4.69) is 12.2 Å². The van der Waals surface area contributed by atoms with Crippen molar-refractivity contribution < 1.29 is 10.2 Å². The average Bonchev–Trinajstić information content (AvgIpc) is 3.44. The van der Waals surface area contributed by atoms with Crippen molar-refractivity contribution in [2.75, 3.05) is 5.32 Å². The van der Waals surface area contributed by atoms with E-state index in [0.717, 1.165) is 74.3 Å². The largest absolute Gasteiger partial charge is 0.508 e. The fourth-order valence-corrected chi connectivity index (χ4v) is 6.11. The molecule has 1 atom stereocenters. The Kier molecular flexibility index (Phi) is 4.59. The topological polar surface area (TPSA) is 105 Å². The van der Waals surface area contributed by atoms with Crippen LogP contribution in [0.15, 0.2) is 29.1 Å². The summed E-state index contributed by atoms with van der Waals surface area (Å²) in [5.41, 5.74) is 1.27. The van der Waals surface area contributed by atoms with Crippen LogP contribution >= 0.6 is 0 Å². The van der Waals surface area contributed by atoms with Crippen LogP contribution in [0, 0.1) is 0 Å². The molecule has 3 aliphatic carbocycles. The number of benzene rings is 1. The van der Waals surface area contributed by atoms with Crippen molar-refractivity contribution in [1.82, 2.24) is 19.1 Å². The fraction of sp³-hybridized carbons (Fsp3) is 0.560. The summed E-state index contributed by atoms with van der Waals surface area (Å²) in [5, 5.41) is 23.8. The number of rotatable bonds is 5. The molecule has 1 aromatic rings. The van der Waals surface area contributed by atoms with E-state index in [9.17, 15) is 15.0 Å². The van der Waals surface area contributed by atoms with Crippen molar-refractivity contribution in [2.24, 2.45) is 0 Å². The number of nitrogens with zero attached hydrogens (tertiary/aromatic N) is 4. The summed E-state index contributed by atoms with van der Waals surface area (Å²) in [4.78, 5) is 23.5. The number of phenolic OH excluding ortho intramolecular Hbond substituents is 1. The van der Waals surface area contributed by atoms with Gasteiger partial charge in [0.25, 0.3) is 0 Å². The van der Waals surface area contributed by atoms with Crippen LogP contribution in [-0.2, 0) is 24.9 Å². The van der Waals surface area contributed by atoms with Crippen molar-refractivity contribution in [3.63, 3.8) is 0 Å². The molecule has 3 fully saturated rings. The molecule has 8 nitrogen and oxygen atoms in total. The molecule has 174 valence electrons. The smallest absolute Gasteiger partial charge is 0.331 e. The van der Waals surface area contributed by atoms with Gasteiger partial charge in [-0.3, -0.25) is 9.13 Å². The van der Waals surface area contributed by atoms with E-state index in [0.29, 0.717) is 18.9 Å². The number of aromatic nitrogens is 4. The second kappa shape index (κ2) is 7.32. The Morgan fingerprint density at radius 2 is 1.79 bits per heavy atom. The normalized spacial score (nSPS) is 28.2. The summed E-state index contributed by atoms with van der Waals surface area (Å²) in [5.74, 6) is 2.55. The monoisotopic (exact) mass is 449 g/mol. The van der Waals surface area contributed by atoms with Crippen molar-refractivity contribution in [1.29, 1.82) is 0 Å². The second-order valence-corrected chi connectivity index (χ2v) is 10.3. The summed E-state index contributed by atoms with van der Waals surface area (Å²) in [6, 6.07) is 7.30. The summed E-state index contributed by atoms with van der Waals surface area (Å²) >= 11 is 0. The van der Waals surface area contributed by atoms with Gasteiger partial charge < -0.3 is 15.5 Å². The lowest BCUT2D eigenvalue weighted by molar-refractivity contribution is -0.0677. The standard InChI is InChI=1S/C25H31N5O3/c1-2-13-29-21-19(27-22(28-21)24-7-10-25(33,11-8-24)12-9-24)20-26-17(15-30(20)23(29)32)14-16-3-5-18(31)6-4-16/h3-6,17,26,31,33H,2,7-15H2,1H3/t17-,24?,25?/m1/s1. The van der Waals surface area contributed by atoms with Crippen LogP contribution in [0.1, 0.15) is 63.3 Å². The zero-order valence-electron chi connectivity index (χ0n) is 19.0. The number of hydrogen-bond donors (Lipinski definition) is 3. The molecule has 3 saturated carbocycles. The molecule has 0 saturated heterocycles. The van der Waals surface area contributed by atoms with E-state index in [4.69, 9.17) is 9.97 Å². The van der Waals surface area contributed by atoms with Gasteiger partial charge in [-0.25, -0.2) is 14.8 Å². The van der Waals surface area contributed by atoms with Crippen LogP contribution < -0.4 is 11.0 Å². The molecular weight excluding hydrogens is 418 g/mol. The Labute approximate surface area is 192 Å². The number of fused-ring (bicyclic) bond motifs is 6. The van der Waals surface area contributed by atoms with Crippen LogP contribution in [0.5, 0.6) is 5.75 Å². The molecule has 1 aromatic carbocycles. The first kappa shape index (κ1) is 20.7. The highest BCUT2D eigenvalue weighted by atomic mass is 16.3. The number of aliphatic hydroxyl groups is 1. The number of anilines is 1. The maximum Gasteiger partial charge on any atom is 0.331 e. The van der Waals surface area contributed by atoms with Gasteiger partial charge in [0, 0.05) is 24.5 Å². The Balaban J connectivity index is 1.39. The molecule has 0 aromatic heterocycles. The van der Waals surface area contributed by atoms with E-state index in [1.54, 1.807) is 16.7 Å². The van der Waals surface area contributed by atoms with Gasteiger partial charge in [-0.05, 0) is 69.1 Å². The summed E-state index contributed by atoms with van der Waals surface area (Å²) in [6.45, 7) is 3.26. The number of hydrogen-bond acceptors (Lipinski definition) is 6. The minimum Gasteiger partial charge on any atom is -0.508 e. The Bertz CT molecular complexity index is 1200. The van der Waals surface area contributed by atoms with Gasteiger partial charge in [-0.2, -0.15) is 0 Å². The van der Waals surface area contributed by atoms with Crippen LogP contribution in [0.2, 0.25) is 0 Å². The first-order valence-electron chi connectivity index (χ1n) is 12.2. The summed E-state index contributed by atoms with van der Waals surface area (Å²) < 4.78 is 3.61. The lowest BCUT2D eigenvalue weighted by Gasteiger charge is -2.49. The van der Waals surface area contributed by atoms with E-state index in [1.165, 1.54) is 0 Å². The van der Waals surface area contributed by atoms with Crippen molar-refractivity contribution in [3.8, 4) is 17.3 Å². The molecule has 0 radical (unpaired) electrons. The molecule has 3 heterocycles. The van der Waals surface area contributed by atoms with Gasteiger partial charge in [0.05, 0.1) is 5.60 Å². The lowest BCUT2D eigenvalue weighted by atomic mass is 9.58. The van der Waals surface area contributed by atoms with Gasteiger partial charge in [-0.15, -0.1) is 0 Å². The zero-order valence-corrected chi connectivity index (χ0v) is 19.0. The highest BCUT2D eigenvalue weighted by Gasteiger charge is 2.51. The molecule has 0 amide bonds. The Morgan fingerprint density at radius 3 is 2.45 bits per heavy atom. The fourth-order valence-electron chi connectivity index (χ4n) is 6.11. The number of imidazole rings is 1. The van der Waals surface area contributed by atoms with E-state index < -0.39 is 5.60 Å². The summed E-state index contributed by atoms with van der Waals surface area (Å²) in [7, 11) is 0. The van der Waals surface area contributed by atoms with E-state index in [-0.39, 0.29) is 22.9 Å². The van der Waals surface area contributed by atoms with Gasteiger partial charge in [0.2, 0.25) is 0 Å². The third-order valence-electron chi connectivity index (χ3n) is 8.14. The highest BCUT2D eigenvalue weighted by Crippen LogP contribution is 2.53. The van der Waals surface area contributed by atoms with Crippen LogP contribution in [0.4, 0.5) is 5.82 Å². The summed E-state index contributed by atoms with van der Waals surface area (Å²) in [6.07, 6.45) is 6.73. The maximum atomic E-state index is 13.4. The minimum absolute atomic E-state index is 0.0364. The molecule has 3 aliphatic heterocycles. The first-order chi connectivity index (χ1) is 15.9. The molecule has 7 rings (SSSR count). The average molecular weight is 450 g/mol. The Morgan fingerprint density at radius 1 is 1.09 bits per heavy atom. The molecule has 0 unspecified atom stereocenters. The van der Waals surface area contributed by atoms with E-state index in [1.807, 2.05) is 16.7 Å². The number of phenols is 1. The third kappa shape index (κ3) is 3.26. The molecule has 33 heavy (non-hydrogen) atoms. The zero-order chi connectivity index (χ0) is 22.8. The molecule has 6 aliphatic rings. The highest BCUT2D eigenvalue weighted by molar-refractivity contribution is 5.70. The first-order valence-corrected chi connectivity index (χ1v) is 12.2. The third-order valence-corrected chi connectivity index (χ3v) is 8.14. The molecule has 8 heteroatoms. The molecule has 3 N–H and O–H groups in total. The SMILES string of the molecule is CCCn1c2nc(C34CCC(O)(CC3)CC4)nc-2c2n(c1=O)C[C@@H](Cc1ccc(O)cc1)N2. The number of nitrogens with one attached hydrogen (secondary N) is 1. The quantitative estimate of drug-likeness (QED) is 0.553. The van der Waals surface area contributed by atoms with E-state index >= 15 is 0 Å². The van der Waals surface area contributed by atoms with Crippen molar-refractivity contribution in [2.45, 2.75) is 88.4 Å². The van der Waals surface area contributed by atoms with Gasteiger partial charge in [0.15, 0.2) is 5.82 Å². The second-order valence-electron chi connectivity index (χ2n) is 10.3. The Hall–Kier alpha value is -2.87. The lowest BCUT2D eigenvalue weighted by Crippen LogP contribution is -2.48. The minimum atomic E-state index is -0.502. The van der Waals surface area contributed by atoms with Gasteiger partial charge in [-0.1, -0.05) is 19.1 Å². The maximum absolute atomic E-state index is 13.4. The van der Waals surface area contributed by atoms with Crippen LogP contribution in [0.3, 0.4) is 0 Å². The molecule has 2 bridgehead atoms. The van der Waals surface area contributed by atoms with Crippen molar-refractivity contribution >= 4 is 5.82 Å². The van der Waals surface area contributed by atoms with Crippen molar-refractivity contribution in [3.05, 3.63) is 46.1 Å². The van der Waals surface area contributed by atoms with Crippen LogP contribution in [0.25, 0.3) is 11.5 Å². The molecule has 0 spiro atoms. The molecular formula is C25H31N5O3. The van der Waals surface area contributed by atoms with Gasteiger partial charge >= 0.3 is 5.69 Å².